The fraction of sp³-hybridized carbons (Fsp3) is 0.294. The monoisotopic (exact) mass is 340 g/mol. The highest BCUT2D eigenvalue weighted by atomic mass is 16.2. The molecule has 25 heavy (non-hydrogen) atoms. The predicted molar refractivity (Wildman–Crippen MR) is 95.2 cm³/mol. The first-order valence-corrected chi connectivity index (χ1v) is 7.98. The van der Waals surface area contributed by atoms with Gasteiger partial charge in [-0.25, -0.2) is 4.68 Å². The van der Waals surface area contributed by atoms with E-state index in [4.69, 9.17) is 5.73 Å². The molecular formula is C17H20N6O2. The highest BCUT2D eigenvalue weighted by molar-refractivity contribution is 6.01. The molecule has 0 spiro atoms. The summed E-state index contributed by atoms with van der Waals surface area (Å²) < 4.78 is 2.97. The van der Waals surface area contributed by atoms with E-state index < -0.39 is 0 Å². The van der Waals surface area contributed by atoms with Crippen LogP contribution in [0.5, 0.6) is 0 Å². The molecule has 1 aromatic carbocycles. The van der Waals surface area contributed by atoms with E-state index in [1.165, 1.54) is 10.9 Å². The van der Waals surface area contributed by atoms with Crippen LogP contribution in [0.4, 0.5) is 11.5 Å². The third kappa shape index (κ3) is 3.10. The van der Waals surface area contributed by atoms with Gasteiger partial charge in [-0.3, -0.25) is 14.2 Å². The highest BCUT2D eigenvalue weighted by Gasteiger charge is 2.18. The summed E-state index contributed by atoms with van der Waals surface area (Å²) in [6, 6.07) is 7.48. The third-order valence-electron chi connectivity index (χ3n) is 4.02. The molecule has 0 unspecified atom stereocenters. The lowest BCUT2D eigenvalue weighted by Gasteiger charge is -2.06. The van der Waals surface area contributed by atoms with Crippen molar-refractivity contribution >= 4 is 34.2 Å². The van der Waals surface area contributed by atoms with Gasteiger partial charge < -0.3 is 11.1 Å². The van der Waals surface area contributed by atoms with Crippen molar-refractivity contribution in [3.05, 3.63) is 36.2 Å². The number of nitrogen functional groups attached to an aromatic ring is 1. The Morgan fingerprint density at radius 2 is 2.00 bits per heavy atom. The molecule has 0 atom stereocenters. The molecule has 0 saturated carbocycles. The Labute approximate surface area is 144 Å². The minimum atomic E-state index is -0.183. The number of benzene rings is 1. The number of aromatic nitrogens is 4. The van der Waals surface area contributed by atoms with Gasteiger partial charge in [-0.05, 0) is 13.0 Å². The number of nitrogens with two attached hydrogens (primary N) is 1. The largest absolute Gasteiger partial charge is 0.397 e. The minimum absolute atomic E-state index is 0.0104. The SMILES string of the molecule is Cc1c(N)c2ccccc2n1C(=O)Cn1cc(NC(=O)C(C)C)nn1. The van der Waals surface area contributed by atoms with Crippen molar-refractivity contribution < 1.29 is 9.59 Å². The van der Waals surface area contributed by atoms with E-state index in [0.29, 0.717) is 17.2 Å². The van der Waals surface area contributed by atoms with E-state index in [2.05, 4.69) is 15.6 Å². The lowest BCUT2D eigenvalue weighted by molar-refractivity contribution is -0.118. The molecule has 3 aromatic rings. The average Bonchev–Trinajstić information content (AvgIpc) is 3.11. The second kappa shape index (κ2) is 6.39. The van der Waals surface area contributed by atoms with Crippen molar-refractivity contribution in [3.8, 4) is 0 Å². The Balaban J connectivity index is 1.83. The van der Waals surface area contributed by atoms with Gasteiger partial charge in [0, 0.05) is 17.0 Å². The topological polar surface area (TPSA) is 108 Å². The van der Waals surface area contributed by atoms with Gasteiger partial charge in [-0.15, -0.1) is 5.10 Å². The number of carbonyl (C=O) groups is 2. The van der Waals surface area contributed by atoms with Crippen molar-refractivity contribution in [2.45, 2.75) is 27.3 Å². The first kappa shape index (κ1) is 16.7. The van der Waals surface area contributed by atoms with Crippen LogP contribution in [0.3, 0.4) is 0 Å². The number of hydrogen-bond donors (Lipinski definition) is 2. The number of nitrogens with zero attached hydrogens (tertiary/aromatic N) is 4. The zero-order chi connectivity index (χ0) is 18.1. The van der Waals surface area contributed by atoms with Gasteiger partial charge in [-0.2, -0.15) is 0 Å². The van der Waals surface area contributed by atoms with Gasteiger partial charge in [0.25, 0.3) is 5.91 Å². The molecule has 0 bridgehead atoms. The fourth-order valence-corrected chi connectivity index (χ4v) is 2.63. The summed E-state index contributed by atoms with van der Waals surface area (Å²) in [7, 11) is 0. The number of para-hydroxylation sites is 1. The normalized spacial score (nSPS) is 11.2. The zero-order valence-corrected chi connectivity index (χ0v) is 14.4. The summed E-state index contributed by atoms with van der Waals surface area (Å²) in [6.07, 6.45) is 1.53. The Hall–Kier alpha value is -3.16. The molecule has 0 saturated heterocycles. The molecule has 1 amide bonds. The van der Waals surface area contributed by atoms with E-state index in [0.717, 1.165) is 10.9 Å². The molecular weight excluding hydrogens is 320 g/mol. The molecule has 0 aliphatic carbocycles. The van der Waals surface area contributed by atoms with Crippen molar-refractivity contribution in [1.82, 2.24) is 19.6 Å². The van der Waals surface area contributed by atoms with Crippen LogP contribution in [-0.2, 0) is 11.3 Å². The van der Waals surface area contributed by atoms with Gasteiger partial charge >= 0.3 is 0 Å². The lowest BCUT2D eigenvalue weighted by atomic mass is 10.2. The lowest BCUT2D eigenvalue weighted by Crippen LogP contribution is -2.19. The number of amides is 1. The fourth-order valence-electron chi connectivity index (χ4n) is 2.63. The Morgan fingerprint density at radius 1 is 1.28 bits per heavy atom. The smallest absolute Gasteiger partial charge is 0.253 e. The van der Waals surface area contributed by atoms with E-state index in [1.807, 2.05) is 31.2 Å². The summed E-state index contributed by atoms with van der Waals surface area (Å²) in [6.45, 7) is 5.37. The number of carbonyl (C=O) groups excluding carboxylic acids is 2. The quantitative estimate of drug-likeness (QED) is 0.756. The average molecular weight is 340 g/mol. The molecule has 0 radical (unpaired) electrons. The number of nitrogens with one attached hydrogen (secondary N) is 1. The minimum Gasteiger partial charge on any atom is -0.397 e. The second-order valence-corrected chi connectivity index (χ2v) is 6.19. The van der Waals surface area contributed by atoms with Crippen LogP contribution in [0, 0.1) is 12.8 Å². The number of fused-ring (bicyclic) bond motifs is 1. The summed E-state index contributed by atoms with van der Waals surface area (Å²) in [4.78, 5) is 24.4. The maximum Gasteiger partial charge on any atom is 0.253 e. The Morgan fingerprint density at radius 3 is 2.72 bits per heavy atom. The Bertz CT molecular complexity index is 953. The van der Waals surface area contributed by atoms with Gasteiger partial charge in [0.1, 0.15) is 6.54 Å². The molecule has 8 nitrogen and oxygen atoms in total. The summed E-state index contributed by atoms with van der Waals surface area (Å²) >= 11 is 0. The van der Waals surface area contributed by atoms with Crippen LogP contribution in [0.25, 0.3) is 10.9 Å². The first-order chi connectivity index (χ1) is 11.9. The molecule has 3 rings (SSSR count). The maximum absolute atomic E-state index is 12.7. The van der Waals surface area contributed by atoms with E-state index >= 15 is 0 Å². The molecule has 130 valence electrons. The molecule has 8 heteroatoms. The van der Waals surface area contributed by atoms with Gasteiger partial charge in [0.15, 0.2) is 5.82 Å². The van der Waals surface area contributed by atoms with Crippen molar-refractivity contribution in [2.75, 3.05) is 11.1 Å². The van der Waals surface area contributed by atoms with Crippen LogP contribution in [0.2, 0.25) is 0 Å². The molecule has 0 aliphatic heterocycles. The zero-order valence-electron chi connectivity index (χ0n) is 14.4. The summed E-state index contributed by atoms with van der Waals surface area (Å²) in [5.74, 6) is -0.181. The second-order valence-electron chi connectivity index (χ2n) is 6.19. The third-order valence-corrected chi connectivity index (χ3v) is 4.02. The number of rotatable bonds is 4. The van der Waals surface area contributed by atoms with Crippen LogP contribution < -0.4 is 11.1 Å². The predicted octanol–water partition coefficient (Wildman–Crippen LogP) is 2.06. The highest BCUT2D eigenvalue weighted by Crippen LogP contribution is 2.27. The van der Waals surface area contributed by atoms with Crippen LogP contribution in [0.1, 0.15) is 24.3 Å². The molecule has 3 N–H and O–H groups in total. The summed E-state index contributed by atoms with van der Waals surface area (Å²) in [5.41, 5.74) is 8.15. The van der Waals surface area contributed by atoms with Crippen LogP contribution in [0.15, 0.2) is 30.5 Å². The van der Waals surface area contributed by atoms with Crippen molar-refractivity contribution in [2.24, 2.45) is 5.92 Å². The van der Waals surface area contributed by atoms with Gasteiger partial charge in [0.05, 0.1) is 17.4 Å². The molecule has 2 heterocycles. The van der Waals surface area contributed by atoms with E-state index in [1.54, 1.807) is 18.4 Å². The van der Waals surface area contributed by atoms with Crippen LogP contribution in [-0.4, -0.2) is 31.4 Å². The van der Waals surface area contributed by atoms with Gasteiger partial charge in [-0.1, -0.05) is 37.3 Å². The molecule has 2 aromatic heterocycles. The summed E-state index contributed by atoms with van der Waals surface area (Å²) in [5, 5.41) is 11.3. The number of hydrogen-bond acceptors (Lipinski definition) is 5. The van der Waals surface area contributed by atoms with Crippen molar-refractivity contribution in [1.29, 1.82) is 0 Å². The van der Waals surface area contributed by atoms with Crippen LogP contribution >= 0.6 is 0 Å². The first-order valence-electron chi connectivity index (χ1n) is 7.98. The standard InChI is InChI=1S/C17H20N6O2/c1-10(2)17(25)19-14-8-22(21-20-14)9-15(24)23-11(3)16(18)12-6-4-5-7-13(12)23/h4-8,10H,9,18H2,1-3H3,(H,19,25). The maximum atomic E-state index is 12.7. The Kier molecular flexibility index (Phi) is 4.26. The molecule has 0 aliphatic rings. The van der Waals surface area contributed by atoms with E-state index in [9.17, 15) is 9.59 Å². The van der Waals surface area contributed by atoms with E-state index in [-0.39, 0.29) is 24.3 Å². The van der Waals surface area contributed by atoms with Gasteiger partial charge in [0.2, 0.25) is 5.91 Å². The molecule has 0 fully saturated rings. The number of anilines is 2. The van der Waals surface area contributed by atoms with Crippen molar-refractivity contribution in [3.63, 3.8) is 0 Å².